The van der Waals surface area contributed by atoms with Crippen LogP contribution in [0.5, 0.6) is 17.2 Å². The van der Waals surface area contributed by atoms with Crippen molar-refractivity contribution in [3.05, 3.63) is 76.8 Å². The molecule has 3 fully saturated rings. The van der Waals surface area contributed by atoms with Crippen LogP contribution in [0.3, 0.4) is 0 Å². The fraction of sp³-hybridized carbons (Fsp3) is 0.489. The third kappa shape index (κ3) is 10.5. The predicted molar refractivity (Wildman–Crippen MR) is 235 cm³/mol. The Morgan fingerprint density at radius 2 is 1.79 bits per heavy atom. The van der Waals surface area contributed by atoms with Gasteiger partial charge in [-0.1, -0.05) is 44.6 Å². The monoisotopic (exact) mass is 872 g/mol. The molecule has 0 radical (unpaired) electrons. The van der Waals surface area contributed by atoms with Crippen molar-refractivity contribution < 1.29 is 37.0 Å². The van der Waals surface area contributed by atoms with Gasteiger partial charge in [0.25, 0.3) is 0 Å². The Bertz CT molecular complexity index is 2380. The first-order valence-electron chi connectivity index (χ1n) is 21.1. The van der Waals surface area contributed by atoms with Crippen molar-refractivity contribution in [1.29, 1.82) is 0 Å². The highest BCUT2D eigenvalue weighted by Gasteiger charge is 2.45. The third-order valence-corrected chi connectivity index (χ3v) is 14.4. The molecule has 16 heteroatoms. The van der Waals surface area contributed by atoms with Crippen LogP contribution in [0.2, 0.25) is 0 Å². The minimum atomic E-state index is -3.53. The largest absolute Gasteiger partial charge is 0.497 e. The molecule has 326 valence electrons. The summed E-state index contributed by atoms with van der Waals surface area (Å²) >= 11 is 1.52. The molecule has 14 nitrogen and oxygen atoms in total. The van der Waals surface area contributed by atoms with Crippen LogP contribution in [-0.4, -0.2) is 90.7 Å². The van der Waals surface area contributed by atoms with Gasteiger partial charge in [-0.2, -0.15) is 0 Å². The van der Waals surface area contributed by atoms with E-state index in [1.54, 1.807) is 24.0 Å². The highest BCUT2D eigenvalue weighted by atomic mass is 32.2. The molecule has 1 saturated heterocycles. The molecule has 3 N–H and O–H groups in total. The maximum Gasteiger partial charge on any atom is 0.321 e. The maximum absolute atomic E-state index is 14.5. The van der Waals surface area contributed by atoms with Crippen molar-refractivity contribution in [2.24, 2.45) is 17.6 Å². The smallest absolute Gasteiger partial charge is 0.321 e. The third-order valence-electron chi connectivity index (χ3n) is 11.7. The van der Waals surface area contributed by atoms with E-state index in [1.807, 2.05) is 60.8 Å². The number of aromatic nitrogens is 2. The molecule has 2 saturated carbocycles. The number of methoxy groups -OCH3 is 2. The summed E-state index contributed by atoms with van der Waals surface area (Å²) in [4.78, 5) is 53.1. The number of nitrogens with two attached hydrogens (primary N) is 1. The number of benzene rings is 2. The molecule has 0 bridgehead atoms. The number of fused-ring (bicyclic) bond motifs is 1. The van der Waals surface area contributed by atoms with Gasteiger partial charge in [0.2, 0.25) is 21.8 Å². The van der Waals surface area contributed by atoms with E-state index in [9.17, 15) is 22.8 Å². The second-order valence-corrected chi connectivity index (χ2v) is 19.4. The molecule has 4 aromatic rings. The number of nitrogens with zero attached hydrogens (tertiary/aromatic N) is 4. The second kappa shape index (κ2) is 18.8. The van der Waals surface area contributed by atoms with Crippen LogP contribution in [0.25, 0.3) is 21.6 Å². The summed E-state index contributed by atoms with van der Waals surface area (Å²) in [6, 6.07) is 12.1. The van der Waals surface area contributed by atoms with E-state index < -0.39 is 39.2 Å². The number of sulfonamides is 1. The first-order valence-corrected chi connectivity index (χ1v) is 23.5. The van der Waals surface area contributed by atoms with Gasteiger partial charge in [-0.15, -0.1) is 11.3 Å². The zero-order chi connectivity index (χ0) is 43.4. The van der Waals surface area contributed by atoms with Gasteiger partial charge in [-0.05, 0) is 87.1 Å². The minimum Gasteiger partial charge on any atom is -0.497 e. The number of urea groups is 1. The predicted octanol–water partition coefficient (Wildman–Crippen LogP) is 7.10. The number of ether oxygens (including phenoxy) is 3. The number of amides is 4. The molecule has 7 rings (SSSR count). The molecule has 3 heterocycles. The number of primary amides is 1. The lowest BCUT2D eigenvalue weighted by Gasteiger charge is -2.31. The lowest BCUT2D eigenvalue weighted by molar-refractivity contribution is -0.122. The van der Waals surface area contributed by atoms with E-state index in [2.05, 4.69) is 24.6 Å². The Kier molecular flexibility index (Phi) is 13.5. The molecule has 2 aromatic carbocycles. The number of hydrogen-bond donors (Lipinski definition) is 2. The van der Waals surface area contributed by atoms with Gasteiger partial charge in [0, 0.05) is 47.8 Å². The fourth-order valence-electron chi connectivity index (χ4n) is 7.81. The Hall–Kier alpha value is -5.22. The molecule has 2 aliphatic carbocycles. The van der Waals surface area contributed by atoms with E-state index in [1.165, 1.54) is 11.3 Å². The Balaban J connectivity index is 1.02. The first-order chi connectivity index (χ1) is 29.3. The average molecular weight is 873 g/mol. The molecular formula is C45H56N6O8S2. The molecule has 3 aliphatic rings. The van der Waals surface area contributed by atoms with Gasteiger partial charge >= 0.3 is 6.03 Å². The van der Waals surface area contributed by atoms with E-state index >= 15 is 0 Å². The number of aryl methyl sites for hydroxylation is 1. The topological polar surface area (TPSA) is 183 Å². The van der Waals surface area contributed by atoms with Crippen LogP contribution in [-0.2, 0) is 26.2 Å². The van der Waals surface area contributed by atoms with Gasteiger partial charge in [-0.25, -0.2) is 23.2 Å². The molecular weight excluding hydrogens is 817 g/mol. The van der Waals surface area contributed by atoms with E-state index in [4.69, 9.17) is 29.9 Å². The van der Waals surface area contributed by atoms with Gasteiger partial charge in [0.05, 0.1) is 37.2 Å². The summed E-state index contributed by atoms with van der Waals surface area (Å²) < 4.78 is 44.2. The van der Waals surface area contributed by atoms with Crippen molar-refractivity contribution in [2.75, 3.05) is 27.3 Å². The molecule has 4 amide bonds. The Morgan fingerprint density at radius 1 is 1.02 bits per heavy atom. The van der Waals surface area contributed by atoms with Gasteiger partial charge < -0.3 is 29.7 Å². The minimum absolute atomic E-state index is 0.0568. The first kappa shape index (κ1) is 43.9. The number of allylic oxidation sites excluding steroid dienone is 2. The highest BCUT2D eigenvalue weighted by molar-refractivity contribution is 7.90. The van der Waals surface area contributed by atoms with Crippen molar-refractivity contribution in [1.82, 2.24) is 24.5 Å². The van der Waals surface area contributed by atoms with Crippen LogP contribution in [0.15, 0.2) is 60.0 Å². The van der Waals surface area contributed by atoms with Crippen molar-refractivity contribution in [2.45, 2.75) is 102 Å². The van der Waals surface area contributed by atoms with Crippen LogP contribution >= 0.6 is 11.3 Å². The highest BCUT2D eigenvalue weighted by Crippen LogP contribution is 2.41. The summed E-state index contributed by atoms with van der Waals surface area (Å²) in [5.74, 6) is 0.998. The number of hydrogen-bond acceptors (Lipinski definition) is 11. The average Bonchev–Trinajstić information content (AvgIpc) is 4.15. The molecule has 2 aromatic heterocycles. The molecule has 1 unspecified atom stereocenters. The number of rotatable bonds is 19. The number of likely N-dealkylation sites (tertiary alicyclic amines) is 1. The lowest BCUT2D eigenvalue weighted by Crippen LogP contribution is -2.49. The summed E-state index contributed by atoms with van der Waals surface area (Å²) in [6.45, 7) is 7.08. The van der Waals surface area contributed by atoms with Gasteiger partial charge in [0.1, 0.15) is 40.1 Å². The van der Waals surface area contributed by atoms with Crippen molar-refractivity contribution in [3.63, 3.8) is 0 Å². The van der Waals surface area contributed by atoms with Crippen molar-refractivity contribution in [3.8, 4) is 28.0 Å². The summed E-state index contributed by atoms with van der Waals surface area (Å²) in [5.41, 5.74) is 10.1. The number of carbonyl (C=O) groups excluding carboxylic acids is 3. The van der Waals surface area contributed by atoms with Crippen LogP contribution in [0, 0.1) is 18.8 Å². The molecule has 0 spiro atoms. The summed E-state index contributed by atoms with van der Waals surface area (Å²) in [7, 11) is -0.306. The number of carbonyl (C=O) groups is 3. The fourth-order valence-corrected chi connectivity index (χ4v) is 10.1. The van der Waals surface area contributed by atoms with Crippen molar-refractivity contribution >= 4 is 50.1 Å². The quantitative estimate of drug-likeness (QED) is 0.0728. The summed E-state index contributed by atoms with van der Waals surface area (Å²) in [6.07, 6.45) is 8.89. The van der Waals surface area contributed by atoms with Gasteiger partial charge in [-0.3, -0.25) is 14.3 Å². The standard InChI is InChI=1S/C45H56N6O8S2/c1-27(2)37-26-60-44(48-37)36-23-40(34-18-19-39(58-5)28(3)41(34)47-36)59-32-22-38(42(46)52)51(25-32)45(54)50(24-29-12-14-31(57-4)15-13-29)20-10-8-6-7-9-11-30-21-35(30)43(53)49-61(55,56)33-16-17-33/h9,11-15,18-19,23,26-27,30,32-33,35,38H,6-8,10,16-17,20-22,24-25H2,1-5H3,(H2,46,52)(H,49,53)/b11-9-/t30-,32?,35+,38+/m1/s1. The molecule has 1 aliphatic heterocycles. The number of unbranched alkanes of at least 4 members (excludes halogenated alkanes) is 3. The van der Waals surface area contributed by atoms with E-state index in [-0.39, 0.29) is 36.8 Å². The zero-order valence-electron chi connectivity index (χ0n) is 35.5. The Labute approximate surface area is 361 Å². The second-order valence-electron chi connectivity index (χ2n) is 16.6. The van der Waals surface area contributed by atoms with Crippen LogP contribution < -0.4 is 24.7 Å². The van der Waals surface area contributed by atoms with E-state index in [0.29, 0.717) is 60.8 Å². The Morgan fingerprint density at radius 3 is 2.46 bits per heavy atom. The normalized spacial score (nSPS) is 20.0. The van der Waals surface area contributed by atoms with Crippen LogP contribution in [0.1, 0.15) is 88.0 Å². The lowest BCUT2D eigenvalue weighted by atomic mass is 10.1. The number of nitrogens with one attached hydrogen (secondary N) is 1. The molecule has 4 atom stereocenters. The summed E-state index contributed by atoms with van der Waals surface area (Å²) in [5, 5.41) is 3.16. The number of thiazole rings is 1. The maximum atomic E-state index is 14.5. The number of pyridine rings is 1. The zero-order valence-corrected chi connectivity index (χ0v) is 37.1. The van der Waals surface area contributed by atoms with Crippen LogP contribution in [0.4, 0.5) is 4.79 Å². The molecule has 61 heavy (non-hydrogen) atoms. The van der Waals surface area contributed by atoms with E-state index in [0.717, 1.165) is 52.9 Å². The SMILES string of the molecule is COc1ccc(CN(CCCCC/C=C\[C@@H]2C[C@@H]2C(=O)NS(=O)(=O)C2CC2)C(=O)N2CC(Oc3cc(-c4nc(C(C)C)cs4)nc4c(C)c(OC)ccc34)C[C@H]2C(N)=O)cc1. The van der Waals surface area contributed by atoms with Gasteiger partial charge in [0.15, 0.2) is 0 Å².